The van der Waals surface area contributed by atoms with Crippen molar-refractivity contribution in [3.63, 3.8) is 0 Å². The molecule has 1 aromatic heterocycles. The van der Waals surface area contributed by atoms with Gasteiger partial charge >= 0.3 is 6.18 Å². The number of pyridine rings is 1. The Bertz CT molecular complexity index is 1110. The highest BCUT2D eigenvalue weighted by Gasteiger charge is 2.30. The van der Waals surface area contributed by atoms with E-state index in [0.29, 0.717) is 13.1 Å². The molecule has 3 aromatic rings. The number of hydrogen-bond donors (Lipinski definition) is 0. The third-order valence-corrected chi connectivity index (χ3v) is 4.94. The van der Waals surface area contributed by atoms with Gasteiger partial charge in [0, 0.05) is 30.1 Å². The first kappa shape index (κ1) is 21.1. The highest BCUT2D eigenvalue weighted by Crippen LogP contribution is 2.30. The molecular weight excluding hydrogens is 441 g/mol. The van der Waals surface area contributed by atoms with Crippen molar-refractivity contribution in [3.05, 3.63) is 100 Å². The Morgan fingerprint density at radius 3 is 2.28 bits per heavy atom. The van der Waals surface area contributed by atoms with Gasteiger partial charge in [0.2, 0.25) is 0 Å². The Balaban J connectivity index is 0.00000240. The lowest BCUT2D eigenvalue weighted by Gasteiger charge is -2.31. The topological polar surface area (TPSA) is 16.1 Å². The SMILES string of the molecule is Br.CC1=c2cccnc2=C(c2ccc(C(F)(F)F)cc2)N(Cc2ccccc2)C1. The summed E-state index contributed by atoms with van der Waals surface area (Å²) in [5, 5.41) is 1.85. The van der Waals surface area contributed by atoms with Crippen LogP contribution in [0.5, 0.6) is 0 Å². The molecule has 0 N–H and O–H groups in total. The van der Waals surface area contributed by atoms with E-state index in [1.165, 1.54) is 17.7 Å². The summed E-state index contributed by atoms with van der Waals surface area (Å²) < 4.78 is 39.0. The molecule has 2 aromatic carbocycles. The lowest BCUT2D eigenvalue weighted by molar-refractivity contribution is -0.137. The second kappa shape index (κ2) is 8.41. The van der Waals surface area contributed by atoms with Crippen LogP contribution in [0, 0.1) is 0 Å². The van der Waals surface area contributed by atoms with Crippen molar-refractivity contribution >= 4 is 28.3 Å². The highest BCUT2D eigenvalue weighted by molar-refractivity contribution is 8.93. The third-order valence-electron chi connectivity index (χ3n) is 4.94. The molecule has 0 spiro atoms. The maximum absolute atomic E-state index is 13.0. The molecule has 1 aliphatic heterocycles. The zero-order chi connectivity index (χ0) is 19.7. The van der Waals surface area contributed by atoms with Crippen LogP contribution in [0.4, 0.5) is 13.2 Å². The summed E-state index contributed by atoms with van der Waals surface area (Å²) in [6.07, 6.45) is -2.62. The normalized spacial score (nSPS) is 13.7. The van der Waals surface area contributed by atoms with Crippen LogP contribution in [0.25, 0.3) is 11.3 Å². The molecule has 29 heavy (non-hydrogen) atoms. The van der Waals surface area contributed by atoms with Gasteiger partial charge in [0.05, 0.1) is 16.6 Å². The van der Waals surface area contributed by atoms with E-state index in [4.69, 9.17) is 0 Å². The molecule has 0 bridgehead atoms. The molecule has 0 amide bonds. The number of rotatable bonds is 3. The maximum atomic E-state index is 13.0. The number of aromatic nitrogens is 1. The molecule has 4 rings (SSSR count). The second-order valence-corrected chi connectivity index (χ2v) is 6.95. The first-order chi connectivity index (χ1) is 13.4. The Hall–Kier alpha value is -2.60. The molecule has 0 aliphatic carbocycles. The van der Waals surface area contributed by atoms with Crippen molar-refractivity contribution in [3.8, 4) is 0 Å². The molecule has 0 atom stereocenters. The largest absolute Gasteiger partial charge is 0.416 e. The van der Waals surface area contributed by atoms with Crippen LogP contribution in [0.15, 0.2) is 72.9 Å². The molecule has 0 saturated carbocycles. The summed E-state index contributed by atoms with van der Waals surface area (Å²) in [4.78, 5) is 6.75. The molecule has 6 heteroatoms. The van der Waals surface area contributed by atoms with Crippen molar-refractivity contribution in [1.82, 2.24) is 9.88 Å². The molecule has 0 saturated heterocycles. The Labute approximate surface area is 177 Å². The van der Waals surface area contributed by atoms with Crippen molar-refractivity contribution < 1.29 is 13.2 Å². The average molecular weight is 461 g/mol. The molecule has 0 radical (unpaired) electrons. The zero-order valence-corrected chi connectivity index (χ0v) is 17.5. The Morgan fingerprint density at radius 1 is 0.931 bits per heavy atom. The predicted octanol–water partition coefficient (Wildman–Crippen LogP) is 4.52. The van der Waals surface area contributed by atoms with Crippen molar-refractivity contribution in [2.75, 3.05) is 6.54 Å². The van der Waals surface area contributed by atoms with Gasteiger partial charge in [-0.2, -0.15) is 13.2 Å². The summed E-state index contributed by atoms with van der Waals surface area (Å²) >= 11 is 0. The Morgan fingerprint density at radius 2 is 1.62 bits per heavy atom. The van der Waals surface area contributed by atoms with E-state index in [0.717, 1.165) is 39.5 Å². The monoisotopic (exact) mass is 460 g/mol. The molecule has 0 fully saturated rings. The van der Waals surface area contributed by atoms with Crippen molar-refractivity contribution in [2.45, 2.75) is 19.6 Å². The van der Waals surface area contributed by atoms with Crippen LogP contribution in [0.1, 0.15) is 23.6 Å². The number of alkyl halides is 3. The van der Waals surface area contributed by atoms with E-state index in [1.54, 1.807) is 6.20 Å². The second-order valence-electron chi connectivity index (χ2n) is 6.95. The predicted molar refractivity (Wildman–Crippen MR) is 114 cm³/mol. The van der Waals surface area contributed by atoms with Crippen LogP contribution >= 0.6 is 17.0 Å². The fourth-order valence-corrected chi connectivity index (χ4v) is 3.61. The van der Waals surface area contributed by atoms with Crippen molar-refractivity contribution in [2.24, 2.45) is 0 Å². The van der Waals surface area contributed by atoms with Crippen molar-refractivity contribution in [1.29, 1.82) is 0 Å². The lowest BCUT2D eigenvalue weighted by Crippen LogP contribution is -2.44. The van der Waals surface area contributed by atoms with Gasteiger partial charge < -0.3 is 4.90 Å². The van der Waals surface area contributed by atoms with Gasteiger partial charge in [-0.15, -0.1) is 17.0 Å². The summed E-state index contributed by atoms with van der Waals surface area (Å²) in [6, 6.07) is 19.3. The summed E-state index contributed by atoms with van der Waals surface area (Å²) in [7, 11) is 0. The maximum Gasteiger partial charge on any atom is 0.416 e. The third kappa shape index (κ3) is 4.37. The minimum absolute atomic E-state index is 0. The first-order valence-corrected chi connectivity index (χ1v) is 9.05. The van der Waals surface area contributed by atoms with E-state index in [1.807, 2.05) is 42.5 Å². The fourth-order valence-electron chi connectivity index (χ4n) is 3.61. The first-order valence-electron chi connectivity index (χ1n) is 9.05. The molecular formula is C23H20BrF3N2. The van der Waals surface area contributed by atoms with Gasteiger partial charge in [-0.25, -0.2) is 0 Å². The lowest BCUT2D eigenvalue weighted by atomic mass is 10.0. The quantitative estimate of drug-likeness (QED) is 0.571. The number of hydrogen-bond acceptors (Lipinski definition) is 2. The number of fused-ring (bicyclic) bond motifs is 1. The van der Waals surface area contributed by atoms with Crippen LogP contribution < -0.4 is 10.6 Å². The summed E-state index contributed by atoms with van der Waals surface area (Å²) in [6.45, 7) is 3.43. The van der Waals surface area contributed by atoms with Crippen LogP contribution in [0.2, 0.25) is 0 Å². The minimum Gasteiger partial charge on any atom is -0.361 e. The number of nitrogens with zero attached hydrogens (tertiary/aromatic N) is 2. The van der Waals surface area contributed by atoms with Crippen LogP contribution in [0.3, 0.4) is 0 Å². The smallest absolute Gasteiger partial charge is 0.361 e. The molecule has 2 nitrogen and oxygen atoms in total. The summed E-state index contributed by atoms with van der Waals surface area (Å²) in [5.74, 6) is 0. The van der Waals surface area contributed by atoms with E-state index in [9.17, 15) is 13.2 Å². The summed E-state index contributed by atoms with van der Waals surface area (Å²) in [5.41, 5.74) is 3.27. The fraction of sp³-hybridized carbons (Fsp3) is 0.174. The molecule has 0 unspecified atom stereocenters. The minimum atomic E-state index is -4.35. The standard InChI is InChI=1S/C23H19F3N2.BrH/c1-16-14-28(15-17-6-3-2-4-7-17)22(21-20(16)8-5-13-27-21)18-9-11-19(12-10-18)23(24,25)26;/h2-13H,14-15H2,1H3;1H. The zero-order valence-electron chi connectivity index (χ0n) is 15.8. The average Bonchev–Trinajstić information content (AvgIpc) is 2.69. The Kier molecular flexibility index (Phi) is 6.13. The molecule has 1 aliphatic rings. The highest BCUT2D eigenvalue weighted by atomic mass is 79.9. The molecule has 2 heterocycles. The van der Waals surface area contributed by atoms with Crippen LogP contribution in [-0.4, -0.2) is 16.4 Å². The molecule has 150 valence electrons. The van der Waals surface area contributed by atoms with E-state index >= 15 is 0 Å². The van der Waals surface area contributed by atoms with E-state index < -0.39 is 11.7 Å². The van der Waals surface area contributed by atoms with Gasteiger partial charge in [0.1, 0.15) is 0 Å². The van der Waals surface area contributed by atoms with Crippen LogP contribution in [-0.2, 0) is 12.7 Å². The number of halogens is 4. The van der Waals surface area contributed by atoms with E-state index in [2.05, 4.69) is 16.8 Å². The van der Waals surface area contributed by atoms with Gasteiger partial charge in [-0.1, -0.05) is 48.5 Å². The van der Waals surface area contributed by atoms with Gasteiger partial charge in [-0.3, -0.25) is 4.98 Å². The van der Waals surface area contributed by atoms with Gasteiger partial charge in [-0.05, 0) is 36.3 Å². The van der Waals surface area contributed by atoms with Gasteiger partial charge in [0.25, 0.3) is 0 Å². The van der Waals surface area contributed by atoms with Gasteiger partial charge in [0.15, 0.2) is 0 Å². The van der Waals surface area contributed by atoms with E-state index in [-0.39, 0.29) is 17.0 Å². The number of benzene rings is 2.